The predicted octanol–water partition coefficient (Wildman–Crippen LogP) is 6.21. The van der Waals surface area contributed by atoms with Gasteiger partial charge in [0.2, 0.25) is 5.91 Å². The number of anilines is 1. The maximum atomic E-state index is 13.4. The van der Waals surface area contributed by atoms with Gasteiger partial charge in [-0.15, -0.1) is 11.3 Å². The summed E-state index contributed by atoms with van der Waals surface area (Å²) in [7, 11) is 1.52. The maximum absolute atomic E-state index is 13.4. The number of carbonyl (C=O) groups excluding carboxylic acids is 2. The second-order valence-electron chi connectivity index (χ2n) is 7.87. The number of urea groups is 1. The summed E-state index contributed by atoms with van der Waals surface area (Å²) < 4.78 is 18.5. The number of aryl methyl sites for hydroxylation is 1. The van der Waals surface area contributed by atoms with E-state index in [0.717, 1.165) is 16.0 Å². The minimum absolute atomic E-state index is 0.175. The van der Waals surface area contributed by atoms with Gasteiger partial charge in [0, 0.05) is 30.1 Å². The molecule has 3 aromatic rings. The van der Waals surface area contributed by atoms with Gasteiger partial charge in [0.25, 0.3) is 0 Å². The largest absolute Gasteiger partial charge is 0.383 e. The van der Waals surface area contributed by atoms with Crippen molar-refractivity contribution in [2.45, 2.75) is 20.0 Å². The van der Waals surface area contributed by atoms with Crippen LogP contribution in [0.3, 0.4) is 0 Å². The van der Waals surface area contributed by atoms with E-state index in [0.29, 0.717) is 17.3 Å². The standard InChI is InChI=1S/C25H26Cl2FN3O3S/c1-17-9-12-35-23(17)15-31(14-18-3-6-20(28)7-4-18)24(32)16-30(10-11-34-2)25(33)29-22-8-5-19(26)13-21(22)27/h3-9,12-13H,10-11,14-16H2,1-2H3,(H,29,33). The lowest BCUT2D eigenvalue weighted by Gasteiger charge is -2.28. The van der Waals surface area contributed by atoms with E-state index in [9.17, 15) is 14.0 Å². The van der Waals surface area contributed by atoms with Crippen LogP contribution in [0.5, 0.6) is 0 Å². The van der Waals surface area contributed by atoms with Gasteiger partial charge < -0.3 is 19.9 Å². The molecule has 2 aromatic carbocycles. The Morgan fingerprint density at radius 3 is 2.43 bits per heavy atom. The highest BCUT2D eigenvalue weighted by Gasteiger charge is 2.23. The molecule has 0 bridgehead atoms. The van der Waals surface area contributed by atoms with Crippen molar-refractivity contribution >= 4 is 52.2 Å². The molecule has 10 heteroatoms. The number of thiophene rings is 1. The van der Waals surface area contributed by atoms with Crippen LogP contribution in [0.25, 0.3) is 0 Å². The van der Waals surface area contributed by atoms with Crippen LogP contribution in [0, 0.1) is 12.7 Å². The van der Waals surface area contributed by atoms with E-state index in [1.165, 1.54) is 30.2 Å². The van der Waals surface area contributed by atoms with Gasteiger partial charge in [-0.2, -0.15) is 0 Å². The Kier molecular flexibility index (Phi) is 9.92. The molecule has 0 unspecified atom stereocenters. The lowest BCUT2D eigenvalue weighted by atomic mass is 10.2. The molecule has 0 fully saturated rings. The number of rotatable bonds is 10. The Labute approximate surface area is 218 Å². The van der Waals surface area contributed by atoms with E-state index in [2.05, 4.69) is 5.32 Å². The Bertz CT molecular complexity index is 1160. The number of hydrogen-bond donors (Lipinski definition) is 1. The van der Waals surface area contributed by atoms with E-state index in [1.54, 1.807) is 40.5 Å². The third-order valence-corrected chi connectivity index (χ3v) is 6.85. The van der Waals surface area contributed by atoms with E-state index >= 15 is 0 Å². The first kappa shape index (κ1) is 26.9. The summed E-state index contributed by atoms with van der Waals surface area (Å²) in [5, 5.41) is 5.43. The number of nitrogens with zero attached hydrogens (tertiary/aromatic N) is 2. The summed E-state index contributed by atoms with van der Waals surface area (Å²) in [6.45, 7) is 2.91. The summed E-state index contributed by atoms with van der Waals surface area (Å²) in [6.07, 6.45) is 0. The molecule has 0 radical (unpaired) electrons. The number of hydrogen-bond acceptors (Lipinski definition) is 4. The summed E-state index contributed by atoms with van der Waals surface area (Å²) in [5.41, 5.74) is 2.25. The van der Waals surface area contributed by atoms with Crippen molar-refractivity contribution in [2.75, 3.05) is 32.1 Å². The smallest absolute Gasteiger partial charge is 0.322 e. The highest BCUT2D eigenvalue weighted by molar-refractivity contribution is 7.10. The molecule has 0 spiro atoms. The van der Waals surface area contributed by atoms with Crippen molar-refractivity contribution in [3.05, 3.63) is 85.8 Å². The SMILES string of the molecule is COCCN(CC(=O)N(Cc1ccc(F)cc1)Cc1sccc1C)C(=O)Nc1ccc(Cl)cc1Cl. The number of halogens is 3. The number of amides is 3. The molecule has 0 aliphatic rings. The zero-order valence-corrected chi connectivity index (χ0v) is 21.7. The highest BCUT2D eigenvalue weighted by Crippen LogP contribution is 2.26. The fraction of sp³-hybridized carbons (Fsp3) is 0.280. The Hall–Kier alpha value is -2.65. The number of benzene rings is 2. The normalized spacial score (nSPS) is 10.8. The minimum atomic E-state index is -0.492. The third-order valence-electron chi connectivity index (χ3n) is 5.29. The van der Waals surface area contributed by atoms with Crippen LogP contribution in [0.2, 0.25) is 10.0 Å². The molecule has 0 saturated heterocycles. The Balaban J connectivity index is 1.78. The summed E-state index contributed by atoms with van der Waals surface area (Å²) in [6, 6.07) is 12.3. The van der Waals surface area contributed by atoms with Crippen LogP contribution >= 0.6 is 34.5 Å². The fourth-order valence-corrected chi connectivity index (χ4v) is 4.66. The third kappa shape index (κ3) is 7.93. The zero-order chi connectivity index (χ0) is 25.4. The fourth-order valence-electron chi connectivity index (χ4n) is 3.28. The monoisotopic (exact) mass is 537 g/mol. The first-order valence-corrected chi connectivity index (χ1v) is 12.5. The first-order chi connectivity index (χ1) is 16.8. The highest BCUT2D eigenvalue weighted by atomic mass is 35.5. The Morgan fingerprint density at radius 1 is 1.06 bits per heavy atom. The lowest BCUT2D eigenvalue weighted by Crippen LogP contribution is -2.45. The average molecular weight is 538 g/mol. The van der Waals surface area contributed by atoms with Crippen LogP contribution in [0.15, 0.2) is 53.9 Å². The van der Waals surface area contributed by atoms with Gasteiger partial charge >= 0.3 is 6.03 Å². The van der Waals surface area contributed by atoms with Gasteiger partial charge in [-0.1, -0.05) is 35.3 Å². The van der Waals surface area contributed by atoms with Crippen molar-refractivity contribution in [3.63, 3.8) is 0 Å². The topological polar surface area (TPSA) is 61.9 Å². The molecule has 3 amide bonds. The molecule has 0 aliphatic heterocycles. The number of carbonyl (C=O) groups is 2. The number of methoxy groups -OCH3 is 1. The van der Waals surface area contributed by atoms with Gasteiger partial charge in [-0.3, -0.25) is 4.79 Å². The molecule has 0 aliphatic carbocycles. The lowest BCUT2D eigenvalue weighted by molar-refractivity contribution is -0.133. The van der Waals surface area contributed by atoms with E-state index in [1.807, 2.05) is 18.4 Å². The van der Waals surface area contributed by atoms with Gasteiger partial charge in [-0.05, 0) is 59.8 Å². The van der Waals surface area contributed by atoms with Gasteiger partial charge in [0.15, 0.2) is 0 Å². The molecule has 1 heterocycles. The average Bonchev–Trinajstić information content (AvgIpc) is 3.23. The quantitative estimate of drug-likeness (QED) is 0.334. The molecular formula is C25H26Cl2FN3O3S. The molecule has 186 valence electrons. The van der Waals surface area contributed by atoms with Crippen molar-refractivity contribution in [1.82, 2.24) is 9.80 Å². The van der Waals surface area contributed by atoms with E-state index in [4.69, 9.17) is 27.9 Å². The maximum Gasteiger partial charge on any atom is 0.322 e. The van der Waals surface area contributed by atoms with Crippen LogP contribution < -0.4 is 5.32 Å². The summed E-state index contributed by atoms with van der Waals surface area (Å²) >= 11 is 13.7. The van der Waals surface area contributed by atoms with Crippen molar-refractivity contribution in [3.8, 4) is 0 Å². The Morgan fingerprint density at radius 2 is 1.80 bits per heavy atom. The van der Waals surface area contributed by atoms with Crippen LogP contribution in [0.1, 0.15) is 16.0 Å². The molecular weight excluding hydrogens is 512 g/mol. The number of ether oxygens (including phenoxy) is 1. The van der Waals surface area contributed by atoms with Gasteiger partial charge in [-0.25, -0.2) is 9.18 Å². The molecule has 1 aromatic heterocycles. The van der Waals surface area contributed by atoms with Gasteiger partial charge in [0.05, 0.1) is 23.9 Å². The van der Waals surface area contributed by atoms with E-state index < -0.39 is 6.03 Å². The molecule has 6 nitrogen and oxygen atoms in total. The van der Waals surface area contributed by atoms with Crippen molar-refractivity contribution in [2.24, 2.45) is 0 Å². The first-order valence-electron chi connectivity index (χ1n) is 10.8. The number of nitrogens with one attached hydrogen (secondary N) is 1. The molecule has 35 heavy (non-hydrogen) atoms. The second kappa shape index (κ2) is 12.9. The van der Waals surface area contributed by atoms with Crippen LogP contribution in [0.4, 0.5) is 14.9 Å². The minimum Gasteiger partial charge on any atom is -0.383 e. The van der Waals surface area contributed by atoms with Crippen LogP contribution in [-0.4, -0.2) is 48.5 Å². The zero-order valence-electron chi connectivity index (χ0n) is 19.4. The summed E-state index contributed by atoms with van der Waals surface area (Å²) in [5.74, 6) is -0.598. The van der Waals surface area contributed by atoms with Crippen molar-refractivity contribution < 1.29 is 18.7 Å². The summed E-state index contributed by atoms with van der Waals surface area (Å²) in [4.78, 5) is 30.6. The van der Waals surface area contributed by atoms with Gasteiger partial charge in [0.1, 0.15) is 12.4 Å². The van der Waals surface area contributed by atoms with E-state index in [-0.39, 0.29) is 43.0 Å². The molecule has 0 saturated carbocycles. The van der Waals surface area contributed by atoms with Crippen LogP contribution in [-0.2, 0) is 22.6 Å². The second-order valence-corrected chi connectivity index (χ2v) is 9.72. The van der Waals surface area contributed by atoms with Crippen molar-refractivity contribution in [1.29, 1.82) is 0 Å². The predicted molar refractivity (Wildman–Crippen MR) is 139 cm³/mol. The molecule has 1 N–H and O–H groups in total. The molecule has 0 atom stereocenters. The molecule has 3 rings (SSSR count).